The molecule has 1 heterocycles. The van der Waals surface area contributed by atoms with Gasteiger partial charge in [-0.1, -0.05) is 18.1 Å². The van der Waals surface area contributed by atoms with Crippen molar-refractivity contribution in [3.05, 3.63) is 41.8 Å². The second-order valence-electron chi connectivity index (χ2n) is 4.49. The zero-order chi connectivity index (χ0) is 14.4. The Labute approximate surface area is 117 Å². The van der Waals surface area contributed by atoms with E-state index in [1.807, 2.05) is 6.92 Å². The molecule has 0 bridgehead atoms. The first kappa shape index (κ1) is 14.5. The van der Waals surface area contributed by atoms with Crippen LogP contribution in [0.5, 0.6) is 5.75 Å². The highest BCUT2D eigenvalue weighted by Gasteiger charge is 2.13. The Balaban J connectivity index is 2.10. The van der Waals surface area contributed by atoms with Crippen LogP contribution in [0.1, 0.15) is 37.7 Å². The molecular formula is C14H18FN3O2. The summed E-state index contributed by atoms with van der Waals surface area (Å²) in [4.78, 5) is 3.87. The Morgan fingerprint density at radius 1 is 1.45 bits per heavy atom. The minimum Gasteiger partial charge on any atom is -0.485 e. The quantitative estimate of drug-likeness (QED) is 0.844. The maximum absolute atomic E-state index is 13.4. The van der Waals surface area contributed by atoms with Gasteiger partial charge in [-0.05, 0) is 26.0 Å². The zero-order valence-electron chi connectivity index (χ0n) is 11.6. The van der Waals surface area contributed by atoms with Gasteiger partial charge >= 0.3 is 0 Å². The van der Waals surface area contributed by atoms with E-state index in [1.165, 1.54) is 18.5 Å². The topological polar surface area (TPSA) is 60.2 Å². The maximum atomic E-state index is 13.4. The summed E-state index contributed by atoms with van der Waals surface area (Å²) in [5.74, 6) is 0.583. The number of ether oxygens (including phenoxy) is 1. The number of rotatable bonds is 7. The van der Waals surface area contributed by atoms with Crippen LogP contribution in [0, 0.1) is 5.82 Å². The summed E-state index contributed by atoms with van der Waals surface area (Å²) in [6.45, 7) is 5.15. The standard InChI is InChI=1S/C14H18FN3O2/c1-3-6-16-10(2)12-5-4-11(15)7-13(12)19-8-14-17-9-20-18-14/h4-5,7,9-10,16H,3,6,8H2,1-2H3. The van der Waals surface area contributed by atoms with E-state index in [9.17, 15) is 4.39 Å². The normalized spacial score (nSPS) is 12.3. The van der Waals surface area contributed by atoms with Gasteiger partial charge < -0.3 is 14.6 Å². The van der Waals surface area contributed by atoms with Gasteiger partial charge in [0.15, 0.2) is 6.61 Å². The van der Waals surface area contributed by atoms with Crippen LogP contribution >= 0.6 is 0 Å². The molecule has 0 radical (unpaired) electrons. The van der Waals surface area contributed by atoms with Gasteiger partial charge in [0.1, 0.15) is 11.6 Å². The summed E-state index contributed by atoms with van der Waals surface area (Å²) in [6.07, 6.45) is 2.27. The average Bonchev–Trinajstić information content (AvgIpc) is 2.96. The number of benzene rings is 1. The highest BCUT2D eigenvalue weighted by Crippen LogP contribution is 2.26. The molecule has 0 amide bonds. The Kier molecular flexibility index (Phi) is 5.06. The molecule has 1 atom stereocenters. The highest BCUT2D eigenvalue weighted by molar-refractivity contribution is 5.36. The molecular weight excluding hydrogens is 261 g/mol. The van der Waals surface area contributed by atoms with Crippen molar-refractivity contribution in [3.8, 4) is 5.75 Å². The average molecular weight is 279 g/mol. The third-order valence-corrected chi connectivity index (χ3v) is 2.91. The number of aromatic nitrogens is 2. The molecule has 5 nitrogen and oxygen atoms in total. The molecule has 0 saturated carbocycles. The number of nitrogens with zero attached hydrogens (tertiary/aromatic N) is 2. The van der Waals surface area contributed by atoms with Gasteiger partial charge in [0, 0.05) is 17.7 Å². The van der Waals surface area contributed by atoms with E-state index >= 15 is 0 Å². The molecule has 0 spiro atoms. The SMILES string of the molecule is CCCNC(C)c1ccc(F)cc1OCc1ncon1. The Hall–Kier alpha value is -1.95. The van der Waals surface area contributed by atoms with Gasteiger partial charge in [-0.15, -0.1) is 0 Å². The summed E-state index contributed by atoms with van der Waals surface area (Å²) in [6, 6.07) is 4.62. The molecule has 0 aliphatic carbocycles. The number of halogens is 1. The van der Waals surface area contributed by atoms with E-state index in [2.05, 4.69) is 26.9 Å². The molecule has 108 valence electrons. The fourth-order valence-corrected chi connectivity index (χ4v) is 1.86. The summed E-state index contributed by atoms with van der Waals surface area (Å²) >= 11 is 0. The molecule has 20 heavy (non-hydrogen) atoms. The molecule has 1 unspecified atom stereocenters. The lowest BCUT2D eigenvalue weighted by Crippen LogP contribution is -2.20. The van der Waals surface area contributed by atoms with Gasteiger partial charge in [-0.25, -0.2) is 4.39 Å². The Bertz CT molecular complexity index is 531. The van der Waals surface area contributed by atoms with Crippen LogP contribution in [0.4, 0.5) is 4.39 Å². The van der Waals surface area contributed by atoms with Crippen molar-refractivity contribution < 1.29 is 13.7 Å². The third-order valence-electron chi connectivity index (χ3n) is 2.91. The van der Waals surface area contributed by atoms with Crippen molar-refractivity contribution in [1.29, 1.82) is 0 Å². The minimum atomic E-state index is -0.334. The van der Waals surface area contributed by atoms with Crippen LogP contribution < -0.4 is 10.1 Å². The van der Waals surface area contributed by atoms with Crippen molar-refractivity contribution in [2.45, 2.75) is 32.9 Å². The predicted molar refractivity (Wildman–Crippen MR) is 71.7 cm³/mol. The van der Waals surface area contributed by atoms with Gasteiger partial charge in [-0.3, -0.25) is 0 Å². The molecule has 6 heteroatoms. The molecule has 0 aliphatic heterocycles. The lowest BCUT2D eigenvalue weighted by Gasteiger charge is -2.17. The largest absolute Gasteiger partial charge is 0.485 e. The van der Waals surface area contributed by atoms with Crippen LogP contribution in [0.25, 0.3) is 0 Å². The molecule has 0 aliphatic rings. The number of hydrogen-bond donors (Lipinski definition) is 1. The van der Waals surface area contributed by atoms with Gasteiger partial charge in [-0.2, -0.15) is 4.98 Å². The van der Waals surface area contributed by atoms with E-state index < -0.39 is 0 Å². The maximum Gasteiger partial charge on any atom is 0.213 e. The monoisotopic (exact) mass is 279 g/mol. The van der Waals surface area contributed by atoms with E-state index in [0.29, 0.717) is 11.6 Å². The van der Waals surface area contributed by atoms with Crippen LogP contribution in [-0.4, -0.2) is 16.7 Å². The third kappa shape index (κ3) is 3.77. The lowest BCUT2D eigenvalue weighted by molar-refractivity contribution is 0.280. The first-order valence-corrected chi connectivity index (χ1v) is 6.61. The minimum absolute atomic E-state index is 0.0795. The highest BCUT2D eigenvalue weighted by atomic mass is 19.1. The van der Waals surface area contributed by atoms with Gasteiger partial charge in [0.25, 0.3) is 0 Å². The smallest absolute Gasteiger partial charge is 0.213 e. The second-order valence-corrected chi connectivity index (χ2v) is 4.49. The van der Waals surface area contributed by atoms with E-state index in [1.54, 1.807) is 6.07 Å². The number of nitrogens with one attached hydrogen (secondary N) is 1. The molecule has 1 aromatic carbocycles. The second kappa shape index (κ2) is 7.00. The number of hydrogen-bond acceptors (Lipinski definition) is 5. The fourth-order valence-electron chi connectivity index (χ4n) is 1.86. The fraction of sp³-hybridized carbons (Fsp3) is 0.429. The molecule has 2 rings (SSSR count). The molecule has 1 N–H and O–H groups in total. The first-order valence-electron chi connectivity index (χ1n) is 6.61. The van der Waals surface area contributed by atoms with Crippen LogP contribution in [0.2, 0.25) is 0 Å². The summed E-state index contributed by atoms with van der Waals surface area (Å²) in [5, 5.41) is 7.01. The van der Waals surface area contributed by atoms with Crippen molar-refractivity contribution >= 4 is 0 Å². The summed E-state index contributed by atoms with van der Waals surface area (Å²) in [5.41, 5.74) is 0.906. The Morgan fingerprint density at radius 2 is 2.30 bits per heavy atom. The lowest BCUT2D eigenvalue weighted by atomic mass is 10.1. The Morgan fingerprint density at radius 3 is 3.00 bits per heavy atom. The van der Waals surface area contributed by atoms with E-state index in [0.717, 1.165) is 18.5 Å². The van der Waals surface area contributed by atoms with Gasteiger partial charge in [0.2, 0.25) is 12.2 Å². The molecule has 0 fully saturated rings. The zero-order valence-corrected chi connectivity index (χ0v) is 11.6. The summed E-state index contributed by atoms with van der Waals surface area (Å²) < 4.78 is 23.6. The van der Waals surface area contributed by atoms with E-state index in [4.69, 9.17) is 4.74 Å². The van der Waals surface area contributed by atoms with Crippen LogP contribution in [0.3, 0.4) is 0 Å². The molecule has 1 aromatic heterocycles. The van der Waals surface area contributed by atoms with E-state index in [-0.39, 0.29) is 18.5 Å². The van der Waals surface area contributed by atoms with Crippen molar-refractivity contribution in [2.24, 2.45) is 0 Å². The van der Waals surface area contributed by atoms with Crippen molar-refractivity contribution in [1.82, 2.24) is 15.5 Å². The first-order chi connectivity index (χ1) is 9.70. The van der Waals surface area contributed by atoms with Crippen LogP contribution in [-0.2, 0) is 6.61 Å². The van der Waals surface area contributed by atoms with Crippen LogP contribution in [0.15, 0.2) is 29.1 Å². The van der Waals surface area contributed by atoms with Crippen molar-refractivity contribution in [2.75, 3.05) is 6.54 Å². The molecule has 2 aromatic rings. The van der Waals surface area contributed by atoms with Gasteiger partial charge in [0.05, 0.1) is 0 Å². The van der Waals surface area contributed by atoms with Crippen molar-refractivity contribution in [3.63, 3.8) is 0 Å². The predicted octanol–water partition coefficient (Wildman–Crippen LogP) is 2.85. The molecule has 0 saturated heterocycles. The summed E-state index contributed by atoms with van der Waals surface area (Å²) in [7, 11) is 0.